The Morgan fingerprint density at radius 2 is 1.87 bits per heavy atom. The number of nitrogens with two attached hydrogens (primary N) is 1. The number of rotatable bonds is 4. The topological polar surface area (TPSA) is 84.6 Å². The number of ether oxygens (including phenoxy) is 1. The second kappa shape index (κ2) is 7.32. The molecule has 4 N–H and O–H groups in total. The molecule has 1 saturated carbocycles. The first-order chi connectivity index (χ1) is 10.8. The fraction of sp³-hybridized carbons (Fsp3) is 0.611. The average molecular weight is 320 g/mol. The molecule has 0 aromatic heterocycles. The van der Waals surface area contributed by atoms with Crippen LogP contribution in [0, 0.1) is 5.41 Å². The number of amides is 1. The summed E-state index contributed by atoms with van der Waals surface area (Å²) < 4.78 is 5.84. The summed E-state index contributed by atoms with van der Waals surface area (Å²) in [5, 5.41) is 12.8. The Bertz CT molecular complexity index is 522. The zero-order valence-electron chi connectivity index (χ0n) is 14.2. The van der Waals surface area contributed by atoms with Crippen molar-refractivity contribution in [3.63, 3.8) is 0 Å². The van der Waals surface area contributed by atoms with Gasteiger partial charge >= 0.3 is 0 Å². The highest BCUT2D eigenvalue weighted by Gasteiger charge is 2.27. The van der Waals surface area contributed by atoms with Crippen molar-refractivity contribution in [3.8, 4) is 5.75 Å². The fourth-order valence-electron chi connectivity index (χ4n) is 2.62. The molecule has 3 atom stereocenters. The molecule has 1 aliphatic carbocycles. The molecule has 0 bridgehead atoms. The monoisotopic (exact) mass is 320 g/mol. The predicted molar refractivity (Wildman–Crippen MR) is 91.4 cm³/mol. The SMILES string of the molecule is CC(C)(C)[C@H](N)C(=O)Nc1ccc(OC2CCCCC2O)cc1. The van der Waals surface area contributed by atoms with Crippen molar-refractivity contribution in [2.45, 2.75) is 64.7 Å². The van der Waals surface area contributed by atoms with E-state index in [2.05, 4.69) is 5.32 Å². The summed E-state index contributed by atoms with van der Waals surface area (Å²) in [7, 11) is 0. The molecule has 5 nitrogen and oxygen atoms in total. The van der Waals surface area contributed by atoms with Gasteiger partial charge in [-0.25, -0.2) is 0 Å². The minimum Gasteiger partial charge on any atom is -0.488 e. The highest BCUT2D eigenvalue weighted by atomic mass is 16.5. The summed E-state index contributed by atoms with van der Waals surface area (Å²) >= 11 is 0. The van der Waals surface area contributed by atoms with Crippen LogP contribution in [-0.4, -0.2) is 29.3 Å². The first-order valence-corrected chi connectivity index (χ1v) is 8.28. The van der Waals surface area contributed by atoms with Crippen molar-refractivity contribution >= 4 is 11.6 Å². The van der Waals surface area contributed by atoms with Gasteiger partial charge in [0.2, 0.25) is 5.91 Å². The minimum absolute atomic E-state index is 0.140. The van der Waals surface area contributed by atoms with Gasteiger partial charge < -0.3 is 20.9 Å². The standard InChI is InChI=1S/C18H28N2O3/c1-18(2,3)16(19)17(22)20-12-8-10-13(11-9-12)23-15-7-5-4-6-14(15)21/h8-11,14-16,21H,4-7,19H2,1-3H3,(H,20,22)/t14?,15?,16-/m1/s1. The molecule has 1 fully saturated rings. The van der Waals surface area contributed by atoms with Gasteiger partial charge in [0.25, 0.3) is 0 Å². The van der Waals surface area contributed by atoms with E-state index >= 15 is 0 Å². The van der Waals surface area contributed by atoms with E-state index in [0.717, 1.165) is 25.7 Å². The Labute approximate surface area is 138 Å². The molecular formula is C18H28N2O3. The molecule has 1 amide bonds. The van der Waals surface area contributed by atoms with E-state index in [1.807, 2.05) is 20.8 Å². The molecule has 128 valence electrons. The van der Waals surface area contributed by atoms with Crippen LogP contribution in [0.2, 0.25) is 0 Å². The number of nitrogens with one attached hydrogen (secondary N) is 1. The molecule has 1 aliphatic rings. The molecule has 0 saturated heterocycles. The van der Waals surface area contributed by atoms with E-state index in [4.69, 9.17) is 10.5 Å². The van der Waals surface area contributed by atoms with E-state index in [1.54, 1.807) is 24.3 Å². The summed E-state index contributed by atoms with van der Waals surface area (Å²) in [5.74, 6) is 0.503. The van der Waals surface area contributed by atoms with E-state index in [1.165, 1.54) is 0 Å². The summed E-state index contributed by atoms with van der Waals surface area (Å²) in [6.07, 6.45) is 3.27. The maximum absolute atomic E-state index is 12.1. The molecular weight excluding hydrogens is 292 g/mol. The molecule has 0 radical (unpaired) electrons. The lowest BCUT2D eigenvalue weighted by Crippen LogP contribution is -2.45. The molecule has 2 unspecified atom stereocenters. The third-order valence-electron chi connectivity index (χ3n) is 4.29. The van der Waals surface area contributed by atoms with Gasteiger partial charge in [0.15, 0.2) is 0 Å². The van der Waals surface area contributed by atoms with Gasteiger partial charge in [-0.2, -0.15) is 0 Å². The maximum Gasteiger partial charge on any atom is 0.241 e. The zero-order valence-corrected chi connectivity index (χ0v) is 14.2. The quantitative estimate of drug-likeness (QED) is 0.796. The Balaban J connectivity index is 1.93. The Morgan fingerprint density at radius 1 is 1.26 bits per heavy atom. The lowest BCUT2D eigenvalue weighted by molar-refractivity contribution is -0.119. The van der Waals surface area contributed by atoms with Crippen molar-refractivity contribution in [2.24, 2.45) is 11.1 Å². The van der Waals surface area contributed by atoms with Crippen molar-refractivity contribution in [1.29, 1.82) is 0 Å². The molecule has 23 heavy (non-hydrogen) atoms. The van der Waals surface area contributed by atoms with Crippen molar-refractivity contribution in [1.82, 2.24) is 0 Å². The van der Waals surface area contributed by atoms with Crippen LogP contribution >= 0.6 is 0 Å². The number of carbonyl (C=O) groups is 1. The van der Waals surface area contributed by atoms with Crippen molar-refractivity contribution < 1.29 is 14.6 Å². The number of aliphatic hydroxyl groups is 1. The summed E-state index contributed by atoms with van der Waals surface area (Å²) in [6, 6.07) is 6.62. The molecule has 1 aromatic rings. The molecule has 2 rings (SSSR count). The second-order valence-corrected chi connectivity index (χ2v) is 7.37. The van der Waals surface area contributed by atoms with Crippen LogP contribution in [0.15, 0.2) is 24.3 Å². The third kappa shape index (κ3) is 4.94. The Kier molecular flexibility index (Phi) is 5.65. The number of anilines is 1. The van der Waals surface area contributed by atoms with E-state index < -0.39 is 12.1 Å². The van der Waals surface area contributed by atoms with Gasteiger partial charge in [-0.15, -0.1) is 0 Å². The Morgan fingerprint density at radius 3 is 2.43 bits per heavy atom. The first-order valence-electron chi connectivity index (χ1n) is 8.28. The van der Waals surface area contributed by atoms with E-state index in [-0.39, 0.29) is 17.4 Å². The van der Waals surface area contributed by atoms with Crippen LogP contribution in [0.5, 0.6) is 5.75 Å². The number of benzene rings is 1. The van der Waals surface area contributed by atoms with Crippen LogP contribution in [0.25, 0.3) is 0 Å². The molecule has 0 spiro atoms. The van der Waals surface area contributed by atoms with Crippen LogP contribution in [0.1, 0.15) is 46.5 Å². The van der Waals surface area contributed by atoms with Gasteiger partial charge in [0.05, 0.1) is 12.1 Å². The molecule has 1 aromatic carbocycles. The highest BCUT2D eigenvalue weighted by molar-refractivity contribution is 5.95. The summed E-state index contributed by atoms with van der Waals surface area (Å²) in [5.41, 5.74) is 6.35. The van der Waals surface area contributed by atoms with Gasteiger partial charge in [0.1, 0.15) is 11.9 Å². The lowest BCUT2D eigenvalue weighted by atomic mass is 9.87. The average Bonchev–Trinajstić information content (AvgIpc) is 2.49. The smallest absolute Gasteiger partial charge is 0.241 e. The van der Waals surface area contributed by atoms with Crippen LogP contribution in [0.4, 0.5) is 5.69 Å². The largest absolute Gasteiger partial charge is 0.488 e. The fourth-order valence-corrected chi connectivity index (χ4v) is 2.62. The number of carbonyl (C=O) groups excluding carboxylic acids is 1. The third-order valence-corrected chi connectivity index (χ3v) is 4.29. The molecule has 0 aliphatic heterocycles. The predicted octanol–water partition coefficient (Wildman–Crippen LogP) is 2.68. The lowest BCUT2D eigenvalue weighted by Gasteiger charge is -2.28. The summed E-state index contributed by atoms with van der Waals surface area (Å²) in [6.45, 7) is 5.80. The number of aliphatic hydroxyl groups excluding tert-OH is 1. The number of hydrogen-bond donors (Lipinski definition) is 3. The van der Waals surface area contributed by atoms with Crippen molar-refractivity contribution in [3.05, 3.63) is 24.3 Å². The van der Waals surface area contributed by atoms with E-state index in [0.29, 0.717) is 11.4 Å². The van der Waals surface area contributed by atoms with E-state index in [9.17, 15) is 9.90 Å². The highest BCUT2D eigenvalue weighted by Crippen LogP contribution is 2.25. The van der Waals surface area contributed by atoms with Crippen LogP contribution < -0.4 is 15.8 Å². The van der Waals surface area contributed by atoms with Gasteiger partial charge in [-0.3, -0.25) is 4.79 Å². The maximum atomic E-state index is 12.1. The van der Waals surface area contributed by atoms with Crippen molar-refractivity contribution in [2.75, 3.05) is 5.32 Å². The molecule has 5 heteroatoms. The second-order valence-electron chi connectivity index (χ2n) is 7.37. The summed E-state index contributed by atoms with van der Waals surface area (Å²) in [4.78, 5) is 12.1. The van der Waals surface area contributed by atoms with Gasteiger partial charge in [-0.1, -0.05) is 27.2 Å². The Hall–Kier alpha value is -1.59. The van der Waals surface area contributed by atoms with Gasteiger partial charge in [-0.05, 0) is 48.9 Å². The zero-order chi connectivity index (χ0) is 17.0. The van der Waals surface area contributed by atoms with Gasteiger partial charge in [0, 0.05) is 5.69 Å². The first kappa shape index (κ1) is 17.8. The number of hydrogen-bond acceptors (Lipinski definition) is 4. The minimum atomic E-state index is -0.573. The van der Waals surface area contributed by atoms with Crippen LogP contribution in [0.3, 0.4) is 0 Å². The molecule has 0 heterocycles. The van der Waals surface area contributed by atoms with Crippen LogP contribution in [-0.2, 0) is 4.79 Å². The normalized spacial score (nSPS) is 23.2.